The Morgan fingerprint density at radius 3 is 3.11 bits per heavy atom. The number of ether oxygens (including phenoxy) is 1. The zero-order valence-electron chi connectivity index (χ0n) is 10.7. The van der Waals surface area contributed by atoms with Gasteiger partial charge in [0.1, 0.15) is 11.0 Å². The molecule has 2 heterocycles. The Morgan fingerprint density at radius 1 is 1.68 bits per heavy atom. The quantitative estimate of drug-likeness (QED) is 0.798. The van der Waals surface area contributed by atoms with Gasteiger partial charge in [0.2, 0.25) is 0 Å². The van der Waals surface area contributed by atoms with Gasteiger partial charge in [0, 0.05) is 25.6 Å². The minimum atomic E-state index is -0.562. The standard InChI is InChI=1S/C13H16ClFN2O2/c1-2-17(7-9-3-4-19-8-9)13(18)11-5-10(15)6-16-12(11)14/h5-6,9H,2-4,7-8H2,1H3. The minimum absolute atomic E-state index is 0.0347. The van der Waals surface area contributed by atoms with Crippen LogP contribution in [0.5, 0.6) is 0 Å². The highest BCUT2D eigenvalue weighted by Crippen LogP contribution is 2.19. The molecule has 19 heavy (non-hydrogen) atoms. The summed E-state index contributed by atoms with van der Waals surface area (Å²) in [6, 6.07) is 1.13. The van der Waals surface area contributed by atoms with E-state index in [2.05, 4.69) is 4.98 Å². The lowest BCUT2D eigenvalue weighted by molar-refractivity contribution is 0.0730. The number of carbonyl (C=O) groups is 1. The summed E-state index contributed by atoms with van der Waals surface area (Å²) in [5, 5.41) is 0.0347. The highest BCUT2D eigenvalue weighted by molar-refractivity contribution is 6.32. The Bertz CT molecular complexity index is 464. The smallest absolute Gasteiger partial charge is 0.257 e. The van der Waals surface area contributed by atoms with Gasteiger partial charge in [-0.05, 0) is 19.4 Å². The summed E-state index contributed by atoms with van der Waals surface area (Å²) in [6.07, 6.45) is 1.94. The molecule has 0 radical (unpaired) electrons. The van der Waals surface area contributed by atoms with Gasteiger partial charge in [0.05, 0.1) is 18.4 Å². The summed E-state index contributed by atoms with van der Waals surface area (Å²) in [7, 11) is 0. The fraction of sp³-hybridized carbons (Fsp3) is 0.538. The second-order valence-electron chi connectivity index (χ2n) is 4.57. The number of aromatic nitrogens is 1. The molecule has 6 heteroatoms. The summed E-state index contributed by atoms with van der Waals surface area (Å²) in [6.45, 7) is 4.43. The van der Waals surface area contributed by atoms with Crippen LogP contribution in [0.4, 0.5) is 4.39 Å². The van der Waals surface area contributed by atoms with E-state index in [0.29, 0.717) is 25.6 Å². The van der Waals surface area contributed by atoms with E-state index in [1.807, 2.05) is 6.92 Å². The van der Waals surface area contributed by atoms with Gasteiger partial charge in [-0.25, -0.2) is 9.37 Å². The predicted molar refractivity (Wildman–Crippen MR) is 69.7 cm³/mol. The van der Waals surface area contributed by atoms with Crippen molar-refractivity contribution in [2.45, 2.75) is 13.3 Å². The van der Waals surface area contributed by atoms with Gasteiger partial charge in [-0.1, -0.05) is 11.6 Å². The lowest BCUT2D eigenvalue weighted by Gasteiger charge is -2.24. The van der Waals surface area contributed by atoms with Crippen molar-refractivity contribution >= 4 is 17.5 Å². The first-order valence-electron chi connectivity index (χ1n) is 6.30. The van der Waals surface area contributed by atoms with Crippen molar-refractivity contribution in [1.82, 2.24) is 9.88 Å². The van der Waals surface area contributed by atoms with Crippen LogP contribution in [0.15, 0.2) is 12.3 Å². The Morgan fingerprint density at radius 2 is 2.47 bits per heavy atom. The van der Waals surface area contributed by atoms with Gasteiger partial charge >= 0.3 is 0 Å². The van der Waals surface area contributed by atoms with Crippen LogP contribution >= 0.6 is 11.6 Å². The summed E-state index contributed by atoms with van der Waals surface area (Å²) in [4.78, 5) is 17.7. The number of hydrogen-bond acceptors (Lipinski definition) is 3. The molecule has 0 spiro atoms. The van der Waals surface area contributed by atoms with Crippen molar-refractivity contribution in [2.75, 3.05) is 26.3 Å². The summed E-state index contributed by atoms with van der Waals surface area (Å²) < 4.78 is 18.5. The maximum atomic E-state index is 13.2. The molecular formula is C13H16ClFN2O2. The lowest BCUT2D eigenvalue weighted by Crippen LogP contribution is -2.35. The Balaban J connectivity index is 2.12. The second kappa shape index (κ2) is 6.30. The zero-order valence-corrected chi connectivity index (χ0v) is 11.5. The molecule has 0 saturated carbocycles. The van der Waals surface area contributed by atoms with Crippen LogP contribution < -0.4 is 0 Å². The molecule has 1 saturated heterocycles. The molecule has 1 aliphatic rings. The van der Waals surface area contributed by atoms with Gasteiger partial charge in [0.15, 0.2) is 0 Å². The molecule has 1 amide bonds. The van der Waals surface area contributed by atoms with Gasteiger partial charge in [0.25, 0.3) is 5.91 Å². The first kappa shape index (κ1) is 14.2. The summed E-state index contributed by atoms with van der Waals surface area (Å²) in [5.74, 6) is -0.511. The van der Waals surface area contributed by atoms with Gasteiger partial charge in [-0.15, -0.1) is 0 Å². The van der Waals surface area contributed by atoms with E-state index in [1.165, 1.54) is 0 Å². The highest BCUT2D eigenvalue weighted by Gasteiger charge is 2.24. The number of nitrogens with zero attached hydrogens (tertiary/aromatic N) is 2. The predicted octanol–water partition coefficient (Wildman–Crippen LogP) is 2.37. The van der Waals surface area contributed by atoms with Crippen molar-refractivity contribution in [3.8, 4) is 0 Å². The normalized spacial score (nSPS) is 18.6. The SMILES string of the molecule is CCN(CC1CCOC1)C(=O)c1cc(F)cnc1Cl. The third-order valence-electron chi connectivity index (χ3n) is 3.21. The monoisotopic (exact) mass is 286 g/mol. The first-order valence-corrected chi connectivity index (χ1v) is 6.67. The number of carbonyl (C=O) groups excluding carboxylic acids is 1. The van der Waals surface area contributed by atoms with E-state index in [4.69, 9.17) is 16.3 Å². The maximum Gasteiger partial charge on any atom is 0.257 e. The number of halogens is 2. The molecule has 0 N–H and O–H groups in total. The van der Waals surface area contributed by atoms with Crippen molar-refractivity contribution in [3.63, 3.8) is 0 Å². The molecule has 104 valence electrons. The topological polar surface area (TPSA) is 42.4 Å². The van der Waals surface area contributed by atoms with E-state index in [0.717, 1.165) is 25.3 Å². The number of hydrogen-bond donors (Lipinski definition) is 0. The third kappa shape index (κ3) is 3.42. The van der Waals surface area contributed by atoms with Gasteiger partial charge < -0.3 is 9.64 Å². The van der Waals surface area contributed by atoms with Gasteiger partial charge in [-0.2, -0.15) is 0 Å². The first-order chi connectivity index (χ1) is 9.11. The Hall–Kier alpha value is -1.20. The highest BCUT2D eigenvalue weighted by atomic mass is 35.5. The molecule has 4 nitrogen and oxygen atoms in total. The van der Waals surface area contributed by atoms with Crippen molar-refractivity contribution in [3.05, 3.63) is 28.8 Å². The average molecular weight is 287 g/mol. The van der Waals surface area contributed by atoms with E-state index < -0.39 is 5.82 Å². The van der Waals surface area contributed by atoms with Crippen LogP contribution in [0.25, 0.3) is 0 Å². The molecule has 1 atom stereocenters. The number of pyridine rings is 1. The van der Waals surface area contributed by atoms with Crippen LogP contribution in [0.2, 0.25) is 5.15 Å². The molecule has 0 aromatic carbocycles. The summed E-state index contributed by atoms with van der Waals surface area (Å²) >= 11 is 5.86. The van der Waals surface area contributed by atoms with Crippen LogP contribution in [0.1, 0.15) is 23.7 Å². The third-order valence-corrected chi connectivity index (χ3v) is 3.51. The number of amides is 1. The van der Waals surface area contributed by atoms with Crippen LogP contribution in [0.3, 0.4) is 0 Å². The fourth-order valence-corrected chi connectivity index (χ4v) is 2.32. The van der Waals surface area contributed by atoms with E-state index in [-0.39, 0.29) is 16.6 Å². The van der Waals surface area contributed by atoms with Crippen molar-refractivity contribution in [2.24, 2.45) is 5.92 Å². The Kier molecular flexibility index (Phi) is 4.71. The molecule has 0 bridgehead atoms. The minimum Gasteiger partial charge on any atom is -0.381 e. The summed E-state index contributed by atoms with van der Waals surface area (Å²) in [5.41, 5.74) is 0.113. The van der Waals surface area contributed by atoms with E-state index in [9.17, 15) is 9.18 Å². The van der Waals surface area contributed by atoms with E-state index in [1.54, 1.807) is 4.90 Å². The fourth-order valence-electron chi connectivity index (χ4n) is 2.14. The molecule has 0 aliphatic carbocycles. The second-order valence-corrected chi connectivity index (χ2v) is 4.92. The maximum absolute atomic E-state index is 13.2. The zero-order chi connectivity index (χ0) is 13.8. The van der Waals surface area contributed by atoms with Gasteiger partial charge in [-0.3, -0.25) is 4.79 Å². The van der Waals surface area contributed by atoms with Crippen molar-refractivity contribution in [1.29, 1.82) is 0 Å². The van der Waals surface area contributed by atoms with Crippen LogP contribution in [-0.2, 0) is 4.74 Å². The molecule has 1 unspecified atom stereocenters. The van der Waals surface area contributed by atoms with Crippen LogP contribution in [-0.4, -0.2) is 42.1 Å². The Labute approximate surface area is 116 Å². The lowest BCUT2D eigenvalue weighted by atomic mass is 10.1. The number of rotatable bonds is 4. The van der Waals surface area contributed by atoms with Crippen molar-refractivity contribution < 1.29 is 13.9 Å². The van der Waals surface area contributed by atoms with Crippen LogP contribution in [0, 0.1) is 11.7 Å². The molecule has 1 aromatic rings. The average Bonchev–Trinajstić information content (AvgIpc) is 2.91. The largest absolute Gasteiger partial charge is 0.381 e. The molecule has 1 aliphatic heterocycles. The van der Waals surface area contributed by atoms with E-state index >= 15 is 0 Å². The molecule has 1 fully saturated rings. The molecule has 1 aromatic heterocycles. The molecule has 2 rings (SSSR count). The molecular weight excluding hydrogens is 271 g/mol.